The van der Waals surface area contributed by atoms with E-state index in [4.69, 9.17) is 19.6 Å². The molecule has 150 valence electrons. The Labute approximate surface area is 173 Å². The number of methoxy groups -OCH3 is 1. The topological polar surface area (TPSA) is 84.4 Å². The Balaban J connectivity index is 1.89. The summed E-state index contributed by atoms with van der Waals surface area (Å²) in [7, 11) is 1.51. The summed E-state index contributed by atoms with van der Waals surface area (Å²) in [4.78, 5) is 19.3. The number of para-hydroxylation sites is 1. The van der Waals surface area contributed by atoms with E-state index < -0.39 is 12.6 Å². The first-order chi connectivity index (χ1) is 14.7. The number of nitrogens with one attached hydrogen (secondary N) is 1. The molecule has 4 aromatic rings. The van der Waals surface area contributed by atoms with Crippen molar-refractivity contribution in [2.45, 2.75) is 0 Å². The number of aromatic nitrogens is 2. The van der Waals surface area contributed by atoms with E-state index in [9.17, 15) is 4.79 Å². The van der Waals surface area contributed by atoms with E-state index in [2.05, 4.69) is 4.98 Å². The Morgan fingerprint density at radius 1 is 0.933 bits per heavy atom. The monoisotopic (exact) mass is 400 g/mol. The zero-order valence-electron chi connectivity index (χ0n) is 16.3. The summed E-state index contributed by atoms with van der Waals surface area (Å²) >= 11 is 0. The van der Waals surface area contributed by atoms with Gasteiger partial charge in [-0.25, -0.2) is 9.78 Å². The van der Waals surface area contributed by atoms with Crippen molar-refractivity contribution in [3.63, 3.8) is 0 Å². The summed E-state index contributed by atoms with van der Waals surface area (Å²) in [5.74, 6) is 0.260. The number of carboxylic acids is 1. The van der Waals surface area contributed by atoms with Crippen LogP contribution < -0.4 is 9.47 Å². The molecule has 4 rings (SSSR count). The highest BCUT2D eigenvalue weighted by atomic mass is 16.5. The molecule has 0 saturated carbocycles. The van der Waals surface area contributed by atoms with Crippen molar-refractivity contribution in [1.82, 2.24) is 9.97 Å². The number of H-pyrrole nitrogens is 1. The molecule has 3 aromatic carbocycles. The van der Waals surface area contributed by atoms with E-state index in [-0.39, 0.29) is 0 Å². The molecule has 0 amide bonds. The lowest BCUT2D eigenvalue weighted by atomic mass is 10.1. The van der Waals surface area contributed by atoms with E-state index >= 15 is 0 Å². The van der Waals surface area contributed by atoms with Crippen LogP contribution in [0, 0.1) is 0 Å². The number of imidazole rings is 1. The molecule has 2 N–H and O–H groups in total. The first-order valence-electron chi connectivity index (χ1n) is 9.40. The van der Waals surface area contributed by atoms with Gasteiger partial charge in [0.2, 0.25) is 0 Å². The van der Waals surface area contributed by atoms with Crippen molar-refractivity contribution in [3.8, 4) is 45.4 Å². The third-order valence-corrected chi connectivity index (χ3v) is 4.61. The van der Waals surface area contributed by atoms with Crippen LogP contribution in [0.5, 0.6) is 11.5 Å². The summed E-state index contributed by atoms with van der Waals surface area (Å²) in [5, 5.41) is 9.06. The minimum absolute atomic E-state index is 0.329. The van der Waals surface area contributed by atoms with Gasteiger partial charge >= 0.3 is 5.97 Å². The number of aromatic amines is 1. The van der Waals surface area contributed by atoms with Gasteiger partial charge < -0.3 is 19.6 Å². The Morgan fingerprint density at radius 3 is 2.23 bits per heavy atom. The number of aliphatic carboxylic acids is 1. The highest BCUT2D eigenvalue weighted by Gasteiger charge is 2.20. The van der Waals surface area contributed by atoms with Gasteiger partial charge in [-0.2, -0.15) is 0 Å². The second kappa shape index (κ2) is 8.53. The number of nitrogens with zero attached hydrogens (tertiary/aromatic N) is 1. The number of hydrogen-bond donors (Lipinski definition) is 2. The number of carboxylic acid groups (broad SMARTS) is 1. The van der Waals surface area contributed by atoms with Crippen molar-refractivity contribution in [2.24, 2.45) is 0 Å². The van der Waals surface area contributed by atoms with Crippen LogP contribution in [-0.4, -0.2) is 34.8 Å². The number of carbonyl (C=O) groups is 1. The van der Waals surface area contributed by atoms with Crippen LogP contribution in [0.2, 0.25) is 0 Å². The molecule has 0 aliphatic carbocycles. The van der Waals surface area contributed by atoms with E-state index in [1.165, 1.54) is 7.11 Å². The lowest BCUT2D eigenvalue weighted by Gasteiger charge is -2.12. The molecule has 6 heteroatoms. The molecule has 0 spiro atoms. The molecular weight excluding hydrogens is 380 g/mol. The van der Waals surface area contributed by atoms with Crippen molar-refractivity contribution in [3.05, 3.63) is 78.9 Å². The van der Waals surface area contributed by atoms with Gasteiger partial charge in [0.1, 0.15) is 5.82 Å². The Hall–Kier alpha value is -4.06. The van der Waals surface area contributed by atoms with Crippen LogP contribution in [0.4, 0.5) is 0 Å². The predicted octanol–water partition coefficient (Wildman–Crippen LogP) is 4.88. The Bertz CT molecular complexity index is 1100. The minimum Gasteiger partial charge on any atom is -0.493 e. The lowest BCUT2D eigenvalue weighted by Crippen LogP contribution is -2.10. The van der Waals surface area contributed by atoms with E-state index in [1.54, 1.807) is 6.07 Å². The van der Waals surface area contributed by atoms with Crippen LogP contribution >= 0.6 is 0 Å². The van der Waals surface area contributed by atoms with Crippen molar-refractivity contribution >= 4 is 5.97 Å². The fourth-order valence-electron chi connectivity index (χ4n) is 3.27. The molecule has 0 bridgehead atoms. The second-order valence-electron chi connectivity index (χ2n) is 6.56. The highest BCUT2D eigenvalue weighted by Crippen LogP contribution is 2.40. The van der Waals surface area contributed by atoms with E-state index in [0.29, 0.717) is 22.9 Å². The van der Waals surface area contributed by atoms with Gasteiger partial charge in [-0.15, -0.1) is 0 Å². The molecule has 0 radical (unpaired) electrons. The van der Waals surface area contributed by atoms with E-state index in [0.717, 1.165) is 22.5 Å². The normalized spacial score (nSPS) is 10.6. The maximum absolute atomic E-state index is 11.1. The number of benzene rings is 3. The fourth-order valence-corrected chi connectivity index (χ4v) is 3.27. The van der Waals surface area contributed by atoms with Crippen LogP contribution in [-0.2, 0) is 4.79 Å². The molecular formula is C24H20N2O4. The molecule has 1 aromatic heterocycles. The van der Waals surface area contributed by atoms with Crippen LogP contribution in [0.3, 0.4) is 0 Å². The standard InChI is InChI=1S/C24H20N2O4/c1-29-19-14-8-13-18(23(19)30-15-20(27)28)24-25-21(16-9-4-2-5-10-16)22(26-24)17-11-6-3-7-12-17/h2-14H,15H2,1H3,(H,25,26)(H,27,28). The smallest absolute Gasteiger partial charge is 0.341 e. The van der Waals surface area contributed by atoms with E-state index in [1.807, 2.05) is 72.8 Å². The summed E-state index contributed by atoms with van der Waals surface area (Å²) < 4.78 is 10.9. The number of hydrogen-bond acceptors (Lipinski definition) is 4. The van der Waals surface area contributed by atoms with Crippen LogP contribution in [0.15, 0.2) is 78.9 Å². The van der Waals surface area contributed by atoms with Crippen molar-refractivity contribution in [2.75, 3.05) is 13.7 Å². The molecule has 6 nitrogen and oxygen atoms in total. The fraction of sp³-hybridized carbons (Fsp3) is 0.0833. The Morgan fingerprint density at radius 2 is 1.60 bits per heavy atom. The molecule has 0 fully saturated rings. The molecule has 0 unspecified atom stereocenters. The third-order valence-electron chi connectivity index (χ3n) is 4.61. The van der Waals surface area contributed by atoms with Gasteiger partial charge in [0.15, 0.2) is 18.1 Å². The third kappa shape index (κ3) is 3.89. The van der Waals surface area contributed by atoms with Crippen LogP contribution in [0.25, 0.3) is 33.9 Å². The summed E-state index contributed by atoms with van der Waals surface area (Å²) in [6.45, 7) is -0.481. The lowest BCUT2D eigenvalue weighted by molar-refractivity contribution is -0.139. The molecule has 30 heavy (non-hydrogen) atoms. The van der Waals surface area contributed by atoms with Crippen LogP contribution in [0.1, 0.15) is 0 Å². The highest BCUT2D eigenvalue weighted by molar-refractivity contribution is 5.82. The largest absolute Gasteiger partial charge is 0.493 e. The average molecular weight is 400 g/mol. The number of ether oxygens (including phenoxy) is 2. The summed E-state index contributed by atoms with van der Waals surface area (Å²) in [6.07, 6.45) is 0. The quantitative estimate of drug-likeness (QED) is 0.462. The van der Waals surface area contributed by atoms with Crippen molar-refractivity contribution < 1.29 is 19.4 Å². The van der Waals surface area contributed by atoms with Gasteiger partial charge in [0, 0.05) is 11.1 Å². The van der Waals surface area contributed by atoms with Gasteiger partial charge in [0.05, 0.1) is 24.1 Å². The summed E-state index contributed by atoms with van der Waals surface area (Å²) in [5.41, 5.74) is 4.24. The molecule has 0 aliphatic heterocycles. The van der Waals surface area contributed by atoms with Crippen molar-refractivity contribution in [1.29, 1.82) is 0 Å². The molecule has 0 aliphatic rings. The number of rotatable bonds is 7. The van der Waals surface area contributed by atoms with Gasteiger partial charge in [0.25, 0.3) is 0 Å². The second-order valence-corrected chi connectivity index (χ2v) is 6.56. The first kappa shape index (κ1) is 19.3. The maximum Gasteiger partial charge on any atom is 0.341 e. The van der Waals surface area contributed by atoms with Gasteiger partial charge in [-0.05, 0) is 12.1 Å². The van der Waals surface area contributed by atoms with Gasteiger partial charge in [-0.3, -0.25) is 0 Å². The molecule has 0 saturated heterocycles. The Kier molecular flexibility index (Phi) is 5.48. The SMILES string of the molecule is COc1cccc(-c2nc(-c3ccccc3)c(-c3ccccc3)[nH]2)c1OCC(=O)O. The van der Waals surface area contributed by atoms with Gasteiger partial charge in [-0.1, -0.05) is 66.7 Å². The molecule has 0 atom stereocenters. The first-order valence-corrected chi connectivity index (χ1v) is 9.40. The maximum atomic E-state index is 11.1. The predicted molar refractivity (Wildman–Crippen MR) is 115 cm³/mol. The zero-order chi connectivity index (χ0) is 20.9. The average Bonchev–Trinajstić information content (AvgIpc) is 3.24. The zero-order valence-corrected chi connectivity index (χ0v) is 16.3. The summed E-state index contributed by atoms with van der Waals surface area (Å²) in [6, 6.07) is 25.2. The minimum atomic E-state index is -1.07. The molecule has 1 heterocycles.